The van der Waals surface area contributed by atoms with Crippen molar-refractivity contribution in [3.05, 3.63) is 0 Å². The highest BCUT2D eigenvalue weighted by Crippen LogP contribution is 2.08. The summed E-state index contributed by atoms with van der Waals surface area (Å²) in [5.74, 6) is 1.49. The Balaban J connectivity index is 0.000000241. The van der Waals surface area contributed by atoms with Crippen molar-refractivity contribution >= 4 is 11.9 Å². The molecule has 1 fully saturated rings. The number of carbonyl (C=O) groups excluding carboxylic acids is 2. The van der Waals surface area contributed by atoms with Crippen molar-refractivity contribution in [1.29, 1.82) is 0 Å². The second kappa shape index (κ2) is 6.40. The largest absolute Gasteiger partial charge is 0.329 e. The molecular weight excluding hydrogens is 180 g/mol. The van der Waals surface area contributed by atoms with Gasteiger partial charge in [-0.15, -0.1) is 0 Å². The van der Waals surface area contributed by atoms with Gasteiger partial charge >= 0.3 is 6.03 Å². The molecule has 0 bridgehead atoms. The van der Waals surface area contributed by atoms with E-state index in [0.29, 0.717) is 0 Å². The molecular formula is C10H20N2O2. The molecule has 0 saturated carbocycles. The van der Waals surface area contributed by atoms with Crippen LogP contribution in [-0.2, 0) is 4.79 Å². The van der Waals surface area contributed by atoms with E-state index in [1.807, 2.05) is 5.32 Å². The zero-order valence-corrected chi connectivity index (χ0v) is 9.39. The molecule has 4 heteroatoms. The highest BCUT2D eigenvalue weighted by molar-refractivity contribution is 6.01. The van der Waals surface area contributed by atoms with Crippen molar-refractivity contribution in [1.82, 2.24) is 10.6 Å². The molecule has 3 amide bonds. The Morgan fingerprint density at radius 3 is 1.71 bits per heavy atom. The fraction of sp³-hybridized carbons (Fsp3) is 0.800. The summed E-state index contributed by atoms with van der Waals surface area (Å²) in [5, 5.41) is 4.30. The van der Waals surface area contributed by atoms with Gasteiger partial charge in [0.2, 0.25) is 5.91 Å². The lowest BCUT2D eigenvalue weighted by molar-refractivity contribution is -0.117. The quantitative estimate of drug-likeness (QED) is 0.664. The molecule has 0 spiro atoms. The number of nitrogens with one attached hydrogen (secondary N) is 2. The minimum absolute atomic E-state index is 0.124. The second-order valence-corrected chi connectivity index (χ2v) is 4.25. The summed E-state index contributed by atoms with van der Waals surface area (Å²) in [7, 11) is 0. The van der Waals surface area contributed by atoms with Crippen LogP contribution in [0.15, 0.2) is 0 Å². The molecule has 0 atom stereocenters. The summed E-state index contributed by atoms with van der Waals surface area (Å²) in [6, 6.07) is -0.398. The first-order valence-corrected chi connectivity index (χ1v) is 4.99. The third kappa shape index (κ3) is 7.58. The third-order valence-corrected chi connectivity index (χ3v) is 1.61. The Labute approximate surface area is 85.4 Å². The fourth-order valence-corrected chi connectivity index (χ4v) is 1.32. The van der Waals surface area contributed by atoms with Crippen LogP contribution in [-0.4, -0.2) is 18.5 Å². The first kappa shape index (κ1) is 12.9. The first-order valence-electron chi connectivity index (χ1n) is 4.99. The minimum atomic E-state index is -0.398. The van der Waals surface area contributed by atoms with Gasteiger partial charge in [-0.25, -0.2) is 4.79 Å². The monoisotopic (exact) mass is 200 g/mol. The van der Waals surface area contributed by atoms with Gasteiger partial charge in [0.05, 0.1) is 6.54 Å². The summed E-state index contributed by atoms with van der Waals surface area (Å²) in [6.07, 6.45) is 1.36. The molecule has 1 rings (SSSR count). The summed E-state index contributed by atoms with van der Waals surface area (Å²) in [5.41, 5.74) is 0. The van der Waals surface area contributed by atoms with Crippen molar-refractivity contribution in [3.63, 3.8) is 0 Å². The average Bonchev–Trinajstić information content (AvgIpc) is 2.32. The molecule has 82 valence electrons. The van der Waals surface area contributed by atoms with Crippen LogP contribution in [0, 0.1) is 11.8 Å². The van der Waals surface area contributed by atoms with Crippen molar-refractivity contribution in [2.45, 2.75) is 34.1 Å². The fourth-order valence-electron chi connectivity index (χ4n) is 1.32. The average molecular weight is 200 g/mol. The van der Waals surface area contributed by atoms with Crippen LogP contribution in [0.2, 0.25) is 0 Å². The van der Waals surface area contributed by atoms with Crippen LogP contribution in [0.5, 0.6) is 0 Å². The van der Waals surface area contributed by atoms with Gasteiger partial charge in [0, 0.05) is 0 Å². The van der Waals surface area contributed by atoms with Crippen molar-refractivity contribution in [2.75, 3.05) is 6.54 Å². The summed E-state index contributed by atoms with van der Waals surface area (Å²) < 4.78 is 0. The topological polar surface area (TPSA) is 58.2 Å². The highest BCUT2D eigenvalue weighted by Gasteiger charge is 2.14. The molecule has 14 heavy (non-hydrogen) atoms. The van der Waals surface area contributed by atoms with E-state index < -0.39 is 6.03 Å². The van der Waals surface area contributed by atoms with Crippen LogP contribution >= 0.6 is 0 Å². The molecule has 0 radical (unpaired) electrons. The second-order valence-electron chi connectivity index (χ2n) is 4.25. The van der Waals surface area contributed by atoms with Gasteiger partial charge in [0.1, 0.15) is 0 Å². The lowest BCUT2D eigenvalue weighted by Crippen LogP contribution is -2.22. The van der Waals surface area contributed by atoms with Crippen LogP contribution in [0.3, 0.4) is 0 Å². The standard InChI is InChI=1S/C7H16.C3H4N2O2/c1-6(2)5-7(3)4;6-2-1-4-3(7)5-2/h6-7H,5H2,1-4H3;1H2,(H2,4,5,6,7). The predicted molar refractivity (Wildman–Crippen MR) is 55.8 cm³/mol. The third-order valence-electron chi connectivity index (χ3n) is 1.61. The first-order chi connectivity index (χ1) is 6.41. The van der Waals surface area contributed by atoms with E-state index in [4.69, 9.17) is 0 Å². The molecule has 0 aromatic rings. The van der Waals surface area contributed by atoms with Crippen LogP contribution in [0.1, 0.15) is 34.1 Å². The van der Waals surface area contributed by atoms with E-state index in [2.05, 4.69) is 33.0 Å². The van der Waals surface area contributed by atoms with E-state index >= 15 is 0 Å². The molecule has 1 aliphatic rings. The van der Waals surface area contributed by atoms with Gasteiger partial charge in [0.25, 0.3) is 0 Å². The Morgan fingerprint density at radius 1 is 1.14 bits per heavy atom. The van der Waals surface area contributed by atoms with E-state index in [0.717, 1.165) is 11.8 Å². The SMILES string of the molecule is CC(C)CC(C)C.O=C1CNC(=O)N1. The van der Waals surface area contributed by atoms with Crippen molar-refractivity contribution in [3.8, 4) is 0 Å². The summed E-state index contributed by atoms with van der Waals surface area (Å²) >= 11 is 0. The van der Waals surface area contributed by atoms with Crippen molar-refractivity contribution in [2.24, 2.45) is 11.8 Å². The molecule has 0 aromatic carbocycles. The maximum Gasteiger partial charge on any atom is 0.321 e. The van der Waals surface area contributed by atoms with Gasteiger partial charge in [-0.1, -0.05) is 27.7 Å². The molecule has 4 nitrogen and oxygen atoms in total. The highest BCUT2D eigenvalue weighted by atomic mass is 16.2. The Hall–Kier alpha value is -1.06. The van der Waals surface area contributed by atoms with Crippen LogP contribution in [0.25, 0.3) is 0 Å². The Bertz CT molecular complexity index is 180. The van der Waals surface area contributed by atoms with E-state index in [-0.39, 0.29) is 12.5 Å². The molecule has 1 saturated heterocycles. The Kier molecular flexibility index (Phi) is 5.92. The number of amides is 3. The van der Waals surface area contributed by atoms with Crippen molar-refractivity contribution < 1.29 is 9.59 Å². The molecule has 2 N–H and O–H groups in total. The van der Waals surface area contributed by atoms with E-state index in [9.17, 15) is 9.59 Å². The van der Waals surface area contributed by atoms with E-state index in [1.165, 1.54) is 6.42 Å². The van der Waals surface area contributed by atoms with Crippen LogP contribution < -0.4 is 10.6 Å². The van der Waals surface area contributed by atoms with E-state index in [1.54, 1.807) is 0 Å². The van der Waals surface area contributed by atoms with Gasteiger partial charge in [0.15, 0.2) is 0 Å². The Morgan fingerprint density at radius 2 is 1.64 bits per heavy atom. The molecule has 0 unspecified atom stereocenters. The lowest BCUT2D eigenvalue weighted by atomic mass is 10.0. The van der Waals surface area contributed by atoms with Gasteiger partial charge < -0.3 is 5.32 Å². The van der Waals surface area contributed by atoms with Gasteiger partial charge in [-0.05, 0) is 18.3 Å². The number of carbonyl (C=O) groups is 2. The number of imide groups is 1. The molecule has 1 aliphatic heterocycles. The van der Waals surface area contributed by atoms with Gasteiger partial charge in [-0.2, -0.15) is 0 Å². The van der Waals surface area contributed by atoms with Crippen LogP contribution in [0.4, 0.5) is 4.79 Å². The maximum atomic E-state index is 10.1. The minimum Gasteiger partial charge on any atom is -0.329 e. The molecule has 1 heterocycles. The number of rotatable bonds is 2. The normalized spacial score (nSPS) is 15.0. The predicted octanol–water partition coefficient (Wildman–Crippen LogP) is 1.51. The summed E-state index contributed by atoms with van der Waals surface area (Å²) in [6.45, 7) is 9.18. The zero-order valence-electron chi connectivity index (χ0n) is 9.39. The summed E-state index contributed by atoms with van der Waals surface area (Å²) in [4.78, 5) is 20.1. The lowest BCUT2D eigenvalue weighted by Gasteiger charge is -2.05. The smallest absolute Gasteiger partial charge is 0.321 e. The number of hydrogen-bond acceptors (Lipinski definition) is 2. The maximum absolute atomic E-state index is 10.1. The number of hydrogen-bond donors (Lipinski definition) is 2. The molecule has 0 aromatic heterocycles. The zero-order chi connectivity index (χ0) is 11.1. The van der Waals surface area contributed by atoms with Gasteiger partial charge in [-0.3, -0.25) is 10.1 Å². The number of urea groups is 1. The molecule has 0 aliphatic carbocycles.